The number of carboxylic acid groups (broad SMARTS) is 1. The van der Waals surface area contributed by atoms with E-state index in [1.165, 1.54) is 12.0 Å². The maximum absolute atomic E-state index is 14.3. The summed E-state index contributed by atoms with van der Waals surface area (Å²) in [5, 5.41) is 10.4. The second kappa shape index (κ2) is 15.4. The molecule has 7 nitrogen and oxygen atoms in total. The molecule has 5 aliphatic rings. The molecule has 1 aromatic carbocycles. The number of fused-ring (bicyclic) bond motifs is 7. The molecule has 1 unspecified atom stereocenters. The Balaban J connectivity index is 1.26. The van der Waals surface area contributed by atoms with Crippen molar-refractivity contribution in [3.63, 3.8) is 0 Å². The predicted octanol–water partition coefficient (Wildman–Crippen LogP) is 10.5. The summed E-state index contributed by atoms with van der Waals surface area (Å²) < 4.78 is 6.21. The monoisotopic (exact) mass is 793 g/mol. The molecule has 8 atom stereocenters. The van der Waals surface area contributed by atoms with E-state index in [2.05, 4.69) is 84.5 Å². The van der Waals surface area contributed by atoms with Gasteiger partial charge in [-0.3, -0.25) is 19.3 Å². The fraction of sp³-hybridized carbons (Fsp3) is 0.771. The highest BCUT2D eigenvalue weighted by Gasteiger charge is 2.70. The van der Waals surface area contributed by atoms with Gasteiger partial charge in [-0.2, -0.15) is 0 Å². The van der Waals surface area contributed by atoms with E-state index in [1.54, 1.807) is 19.4 Å². The Hall–Kier alpha value is -2.22. The number of nitrogens with zero attached hydrogens (tertiary/aromatic N) is 2. The lowest BCUT2D eigenvalue weighted by Crippen LogP contribution is -2.65. The van der Waals surface area contributed by atoms with Crippen LogP contribution in [0.15, 0.2) is 35.4 Å². The zero-order chi connectivity index (χ0) is 41.2. The van der Waals surface area contributed by atoms with Crippen LogP contribution in [-0.2, 0) is 25.7 Å². The first-order valence-corrected chi connectivity index (χ1v) is 22.2. The van der Waals surface area contributed by atoms with Gasteiger partial charge in [-0.25, -0.2) is 0 Å². The largest absolute Gasteiger partial charge is 0.481 e. The third-order valence-electron chi connectivity index (χ3n) is 17.0. The fourth-order valence-electron chi connectivity index (χ4n) is 13.7. The van der Waals surface area contributed by atoms with E-state index in [4.69, 9.17) is 16.3 Å². The van der Waals surface area contributed by atoms with Gasteiger partial charge in [0.05, 0.1) is 11.8 Å². The number of likely N-dealkylation sites (N-methyl/N-ethyl adjacent to an activating group) is 1. The molecule has 0 aromatic heterocycles. The van der Waals surface area contributed by atoms with Crippen LogP contribution < -0.4 is 0 Å². The second-order valence-corrected chi connectivity index (χ2v) is 22.1. The van der Waals surface area contributed by atoms with Crippen LogP contribution in [0.1, 0.15) is 139 Å². The van der Waals surface area contributed by atoms with Crippen LogP contribution in [0.25, 0.3) is 0 Å². The Morgan fingerprint density at radius 1 is 0.893 bits per heavy atom. The number of benzene rings is 1. The van der Waals surface area contributed by atoms with Crippen LogP contribution in [0.2, 0.25) is 5.02 Å². The molecule has 0 spiro atoms. The molecule has 1 N–H and O–H groups in total. The molecule has 5 aliphatic carbocycles. The molecule has 0 saturated heterocycles. The predicted molar refractivity (Wildman–Crippen MR) is 225 cm³/mol. The van der Waals surface area contributed by atoms with E-state index in [9.17, 15) is 19.5 Å². The van der Waals surface area contributed by atoms with Gasteiger partial charge in [0, 0.05) is 41.9 Å². The number of hydrogen-bond acceptors (Lipinski definition) is 6. The molecule has 0 amide bonds. The number of halogens is 1. The summed E-state index contributed by atoms with van der Waals surface area (Å²) in [4.78, 5) is 44.1. The van der Waals surface area contributed by atoms with Crippen LogP contribution in [0, 0.1) is 56.2 Å². The Bertz CT molecular complexity index is 1700. The van der Waals surface area contributed by atoms with E-state index < -0.39 is 17.4 Å². The lowest BCUT2D eigenvalue weighted by atomic mass is 9.33. The van der Waals surface area contributed by atoms with Crippen molar-refractivity contribution in [2.75, 3.05) is 33.7 Å². The highest BCUT2D eigenvalue weighted by atomic mass is 35.5. The lowest BCUT2D eigenvalue weighted by Gasteiger charge is -2.72. The van der Waals surface area contributed by atoms with Gasteiger partial charge in [-0.1, -0.05) is 77.8 Å². The van der Waals surface area contributed by atoms with Crippen LogP contribution in [0.5, 0.6) is 0 Å². The first-order valence-electron chi connectivity index (χ1n) is 21.8. The third kappa shape index (κ3) is 7.46. The van der Waals surface area contributed by atoms with Crippen molar-refractivity contribution in [1.29, 1.82) is 0 Å². The van der Waals surface area contributed by atoms with E-state index >= 15 is 0 Å². The molecule has 1 aromatic rings. The van der Waals surface area contributed by atoms with Crippen molar-refractivity contribution < 1.29 is 24.2 Å². The third-order valence-corrected chi connectivity index (χ3v) is 17.3. The molecule has 8 heteroatoms. The summed E-state index contributed by atoms with van der Waals surface area (Å²) in [5.41, 5.74) is 2.89. The van der Waals surface area contributed by atoms with Gasteiger partial charge in [0.15, 0.2) is 5.78 Å². The standard InChI is InChI=1S/C48H73ClN2O5/c1-31(2)40-35(52)28-48(24-25-51(27-26-50(10)11)30-32-12-14-33(49)15-13-32)23-22-46(8)34(41(40)48)16-17-37-45(7)20-19-38(56-39(53)29-43(3,4)42(54)55)44(5,6)36(45)18-21-47(37,46)9/h12-15,31,34,36-38H,16-30H2,1-11H3,(H,54,55)/t34-,36+,37-,38+,45+,46-,47-,48?/m1/s1. The van der Waals surface area contributed by atoms with Crippen molar-refractivity contribution in [2.24, 2.45) is 56.2 Å². The van der Waals surface area contributed by atoms with Crippen LogP contribution in [-0.4, -0.2) is 72.5 Å². The number of ketones is 1. The highest BCUT2D eigenvalue weighted by Crippen LogP contribution is 2.77. The molecule has 0 radical (unpaired) electrons. The molecule has 312 valence electrons. The van der Waals surface area contributed by atoms with Crippen molar-refractivity contribution >= 4 is 29.3 Å². The summed E-state index contributed by atoms with van der Waals surface area (Å²) in [5.74, 6) is 0.614. The summed E-state index contributed by atoms with van der Waals surface area (Å²) in [6.45, 7) is 23.9. The Morgan fingerprint density at radius 2 is 1.57 bits per heavy atom. The van der Waals surface area contributed by atoms with E-state index in [0.29, 0.717) is 30.0 Å². The maximum Gasteiger partial charge on any atom is 0.309 e. The van der Waals surface area contributed by atoms with E-state index in [-0.39, 0.29) is 45.5 Å². The number of allylic oxidation sites excluding steroid dienone is 2. The number of rotatable bonds is 13. The minimum atomic E-state index is -1.15. The van der Waals surface area contributed by atoms with E-state index in [0.717, 1.165) is 88.1 Å². The summed E-state index contributed by atoms with van der Waals surface area (Å²) in [7, 11) is 4.29. The van der Waals surface area contributed by atoms with E-state index in [1.807, 2.05) is 12.1 Å². The van der Waals surface area contributed by atoms with Gasteiger partial charge >= 0.3 is 11.9 Å². The van der Waals surface area contributed by atoms with Crippen molar-refractivity contribution in [2.45, 2.75) is 146 Å². The van der Waals surface area contributed by atoms with Gasteiger partial charge in [0.1, 0.15) is 6.10 Å². The molecule has 56 heavy (non-hydrogen) atoms. The molecule has 0 aliphatic heterocycles. The van der Waals surface area contributed by atoms with Crippen molar-refractivity contribution in [1.82, 2.24) is 9.80 Å². The Labute approximate surface area is 343 Å². The highest BCUT2D eigenvalue weighted by molar-refractivity contribution is 6.30. The average molecular weight is 794 g/mol. The zero-order valence-electron chi connectivity index (χ0n) is 36.7. The Morgan fingerprint density at radius 3 is 2.20 bits per heavy atom. The zero-order valence-corrected chi connectivity index (χ0v) is 37.4. The maximum atomic E-state index is 14.3. The van der Waals surface area contributed by atoms with Gasteiger partial charge in [-0.15, -0.1) is 0 Å². The van der Waals surface area contributed by atoms with Crippen molar-refractivity contribution in [3.05, 3.63) is 46.0 Å². The summed E-state index contributed by atoms with van der Waals surface area (Å²) in [6.07, 6.45) is 9.97. The van der Waals surface area contributed by atoms with Gasteiger partial charge in [-0.05, 0) is 155 Å². The minimum Gasteiger partial charge on any atom is -0.481 e. The SMILES string of the molecule is CC(C)C1=C2[C@H]3CC[C@@H]4[C@@]5(C)CC[C@H](OC(=O)CC(C)(C)C(=O)O)C(C)(C)[C@@H]5CC[C@@]4(C)[C@]3(C)CCC2(CCN(CCN(C)C)Cc2ccc(Cl)cc2)CC1=O. The Kier molecular flexibility index (Phi) is 11.9. The van der Waals surface area contributed by atoms with Crippen LogP contribution >= 0.6 is 11.6 Å². The van der Waals surface area contributed by atoms with Gasteiger partial charge < -0.3 is 14.7 Å². The molecular formula is C48H73ClN2O5. The number of aliphatic carboxylic acids is 1. The number of carboxylic acids is 1. The summed E-state index contributed by atoms with van der Waals surface area (Å²) in [6, 6.07) is 8.28. The molecule has 0 heterocycles. The number of carbonyl (C=O) groups is 3. The normalized spacial score (nSPS) is 35.3. The molecule has 4 saturated carbocycles. The number of hydrogen-bond donors (Lipinski definition) is 1. The van der Waals surface area contributed by atoms with Gasteiger partial charge in [0.25, 0.3) is 0 Å². The molecule has 6 rings (SSSR count). The quantitative estimate of drug-likeness (QED) is 0.199. The molecule has 4 fully saturated rings. The van der Waals surface area contributed by atoms with Gasteiger partial charge in [0.2, 0.25) is 0 Å². The minimum absolute atomic E-state index is 0.0688. The first-order chi connectivity index (χ1) is 26.0. The first kappa shape index (κ1) is 43.4. The number of ether oxygens (including phenoxy) is 1. The number of Topliss-reactive ketones (excluding diaryl/α,β-unsaturated/α-hetero) is 1. The molecule has 0 bridgehead atoms. The smallest absolute Gasteiger partial charge is 0.309 e. The van der Waals surface area contributed by atoms with Crippen LogP contribution in [0.3, 0.4) is 0 Å². The average Bonchev–Trinajstić information content (AvgIpc) is 3.40. The number of carbonyl (C=O) groups excluding carboxylic acids is 2. The topological polar surface area (TPSA) is 87.2 Å². The number of esters is 1. The fourth-order valence-corrected chi connectivity index (χ4v) is 13.8. The summed E-state index contributed by atoms with van der Waals surface area (Å²) >= 11 is 6.26. The molecular weight excluding hydrogens is 720 g/mol. The lowest BCUT2D eigenvalue weighted by molar-refractivity contribution is -0.233. The second-order valence-electron chi connectivity index (χ2n) is 21.6. The van der Waals surface area contributed by atoms with Crippen LogP contribution in [0.4, 0.5) is 0 Å². The van der Waals surface area contributed by atoms with Crippen molar-refractivity contribution in [3.8, 4) is 0 Å².